The maximum Gasteiger partial charge on any atom is 0.122 e. The lowest BCUT2D eigenvalue weighted by Gasteiger charge is -2.29. The van der Waals surface area contributed by atoms with Crippen LogP contribution in [0.25, 0.3) is 0 Å². The van der Waals surface area contributed by atoms with Crippen molar-refractivity contribution in [1.29, 1.82) is 0 Å². The second kappa shape index (κ2) is 10.8. The molecule has 0 unspecified atom stereocenters. The Morgan fingerprint density at radius 2 is 1.45 bits per heavy atom. The minimum Gasteiger partial charge on any atom is -0.492 e. The molecule has 3 heteroatoms. The smallest absolute Gasteiger partial charge is 0.122 e. The van der Waals surface area contributed by atoms with Crippen LogP contribution < -0.4 is 4.74 Å². The van der Waals surface area contributed by atoms with E-state index in [9.17, 15) is 5.11 Å². The predicted octanol–water partition coefficient (Wildman–Crippen LogP) is 5.10. The van der Waals surface area contributed by atoms with Crippen molar-refractivity contribution >= 4 is 0 Å². The zero-order valence-corrected chi connectivity index (χ0v) is 17.4. The first kappa shape index (κ1) is 21.1. The molecule has 0 heterocycles. The highest BCUT2D eigenvalue weighted by Gasteiger charge is 2.16. The number of benzene rings is 3. The molecule has 3 aromatic rings. The summed E-state index contributed by atoms with van der Waals surface area (Å²) in [6.45, 7) is 6.26. The van der Waals surface area contributed by atoms with Crippen LogP contribution in [0.15, 0.2) is 84.9 Å². The molecular weight excluding hydrogens is 358 g/mol. The summed E-state index contributed by atoms with van der Waals surface area (Å²) in [7, 11) is 0. The molecule has 1 N–H and O–H groups in total. The van der Waals surface area contributed by atoms with Crippen molar-refractivity contribution in [2.45, 2.75) is 32.4 Å². The van der Waals surface area contributed by atoms with Gasteiger partial charge in [0.2, 0.25) is 0 Å². The van der Waals surface area contributed by atoms with Crippen molar-refractivity contribution < 1.29 is 9.84 Å². The quantitative estimate of drug-likeness (QED) is 0.524. The minimum absolute atomic E-state index is 0.330. The van der Waals surface area contributed by atoms with Gasteiger partial charge < -0.3 is 9.84 Å². The van der Waals surface area contributed by atoms with Gasteiger partial charge in [-0.3, -0.25) is 4.90 Å². The molecule has 0 amide bonds. The first-order valence-electron chi connectivity index (χ1n) is 10.3. The number of rotatable bonds is 10. The second-order valence-corrected chi connectivity index (χ2v) is 7.63. The molecule has 0 aliphatic heterocycles. The Balaban J connectivity index is 1.57. The molecule has 3 aromatic carbocycles. The fourth-order valence-corrected chi connectivity index (χ4v) is 3.44. The average molecular weight is 390 g/mol. The van der Waals surface area contributed by atoms with Crippen molar-refractivity contribution in [2.75, 3.05) is 19.7 Å². The molecule has 0 fully saturated rings. The summed E-state index contributed by atoms with van der Waals surface area (Å²) in [6, 6.07) is 28.9. The van der Waals surface area contributed by atoms with E-state index in [0.29, 0.717) is 19.2 Å². The van der Waals surface area contributed by atoms with Gasteiger partial charge in [0.05, 0.1) is 6.10 Å². The fourth-order valence-electron chi connectivity index (χ4n) is 3.44. The minimum atomic E-state index is -0.496. The van der Waals surface area contributed by atoms with Crippen molar-refractivity contribution in [3.63, 3.8) is 0 Å². The van der Waals surface area contributed by atoms with Crippen LogP contribution in [0.5, 0.6) is 5.75 Å². The van der Waals surface area contributed by atoms with Crippen LogP contribution in [0.4, 0.5) is 0 Å². The van der Waals surface area contributed by atoms with Crippen LogP contribution in [0.2, 0.25) is 0 Å². The van der Waals surface area contributed by atoms with Gasteiger partial charge in [0.25, 0.3) is 0 Å². The summed E-state index contributed by atoms with van der Waals surface area (Å²) in [4.78, 5) is 2.26. The average Bonchev–Trinajstić information content (AvgIpc) is 2.75. The molecule has 3 rings (SSSR count). The fraction of sp³-hybridized carbons (Fsp3) is 0.308. The van der Waals surface area contributed by atoms with E-state index in [1.54, 1.807) is 0 Å². The van der Waals surface area contributed by atoms with Crippen molar-refractivity contribution in [1.82, 2.24) is 4.90 Å². The van der Waals surface area contributed by atoms with Crippen molar-refractivity contribution in [3.8, 4) is 5.75 Å². The van der Waals surface area contributed by atoms with Gasteiger partial charge in [-0.05, 0) is 36.6 Å². The number of aliphatic hydroxyl groups is 1. The van der Waals surface area contributed by atoms with E-state index in [2.05, 4.69) is 55.1 Å². The van der Waals surface area contributed by atoms with E-state index in [0.717, 1.165) is 24.3 Å². The van der Waals surface area contributed by atoms with Gasteiger partial charge in [0, 0.05) is 25.6 Å². The highest BCUT2D eigenvalue weighted by atomic mass is 16.5. The molecule has 0 saturated heterocycles. The Labute approximate surface area is 174 Å². The lowest BCUT2D eigenvalue weighted by Crippen LogP contribution is -2.37. The van der Waals surface area contributed by atoms with Gasteiger partial charge >= 0.3 is 0 Å². The van der Waals surface area contributed by atoms with Gasteiger partial charge in [-0.1, -0.05) is 78.9 Å². The monoisotopic (exact) mass is 389 g/mol. The third kappa shape index (κ3) is 6.45. The van der Waals surface area contributed by atoms with Crippen LogP contribution in [-0.2, 0) is 6.42 Å². The Hall–Kier alpha value is -2.62. The Morgan fingerprint density at radius 1 is 0.828 bits per heavy atom. The Morgan fingerprint density at radius 3 is 2.14 bits per heavy atom. The lowest BCUT2D eigenvalue weighted by molar-refractivity contribution is 0.0848. The Bertz CT molecular complexity index is 849. The van der Waals surface area contributed by atoms with E-state index in [-0.39, 0.29) is 0 Å². The van der Waals surface area contributed by atoms with E-state index in [1.165, 1.54) is 11.1 Å². The molecule has 0 aliphatic carbocycles. The summed E-state index contributed by atoms with van der Waals surface area (Å²) in [5.41, 5.74) is 3.42. The number of aliphatic hydroxyl groups excluding tert-OH is 1. The first-order chi connectivity index (χ1) is 14.1. The zero-order chi connectivity index (χ0) is 20.5. The van der Waals surface area contributed by atoms with E-state index < -0.39 is 6.10 Å². The summed E-state index contributed by atoms with van der Waals surface area (Å²) in [6.07, 6.45) is 0.362. The van der Waals surface area contributed by atoms with Crippen LogP contribution in [0.1, 0.15) is 36.6 Å². The number of hydrogen-bond donors (Lipinski definition) is 1. The van der Waals surface area contributed by atoms with Crippen molar-refractivity contribution in [2.24, 2.45) is 0 Å². The normalized spacial score (nSPS) is 12.3. The van der Waals surface area contributed by atoms with Crippen LogP contribution in [-0.4, -0.2) is 35.7 Å². The molecule has 152 valence electrons. The number of nitrogens with zero attached hydrogens (tertiary/aromatic N) is 1. The summed E-state index contributed by atoms with van der Waals surface area (Å²) >= 11 is 0. The van der Waals surface area contributed by atoms with Crippen LogP contribution in [0, 0.1) is 0 Å². The Kier molecular flexibility index (Phi) is 7.85. The number of para-hydroxylation sites is 1. The maximum atomic E-state index is 10.6. The molecule has 0 radical (unpaired) electrons. The maximum absolute atomic E-state index is 10.6. The third-order valence-corrected chi connectivity index (χ3v) is 5.17. The van der Waals surface area contributed by atoms with Crippen molar-refractivity contribution in [3.05, 3.63) is 102 Å². The highest BCUT2D eigenvalue weighted by Crippen LogP contribution is 2.22. The SMILES string of the molecule is CC(C)N(CCOc1ccccc1Cc1ccccc1)C[C@H](O)c1ccccc1. The van der Waals surface area contributed by atoms with E-state index in [1.807, 2.05) is 48.5 Å². The molecule has 0 aromatic heterocycles. The summed E-state index contributed by atoms with van der Waals surface area (Å²) in [5, 5.41) is 10.6. The second-order valence-electron chi connectivity index (χ2n) is 7.63. The van der Waals surface area contributed by atoms with E-state index >= 15 is 0 Å². The molecule has 0 aliphatic rings. The van der Waals surface area contributed by atoms with Gasteiger partial charge in [-0.25, -0.2) is 0 Å². The highest BCUT2D eigenvalue weighted by molar-refractivity contribution is 5.37. The predicted molar refractivity (Wildman–Crippen MR) is 119 cm³/mol. The lowest BCUT2D eigenvalue weighted by atomic mass is 10.0. The van der Waals surface area contributed by atoms with Crippen LogP contribution >= 0.6 is 0 Å². The summed E-state index contributed by atoms with van der Waals surface area (Å²) in [5.74, 6) is 0.934. The van der Waals surface area contributed by atoms with Crippen LogP contribution in [0.3, 0.4) is 0 Å². The van der Waals surface area contributed by atoms with Gasteiger partial charge in [0.15, 0.2) is 0 Å². The topological polar surface area (TPSA) is 32.7 Å². The summed E-state index contributed by atoms with van der Waals surface area (Å²) < 4.78 is 6.15. The molecule has 0 saturated carbocycles. The van der Waals surface area contributed by atoms with Gasteiger partial charge in [-0.2, -0.15) is 0 Å². The molecule has 0 spiro atoms. The molecule has 3 nitrogen and oxygen atoms in total. The molecule has 29 heavy (non-hydrogen) atoms. The van der Waals surface area contributed by atoms with Gasteiger partial charge in [0.1, 0.15) is 12.4 Å². The number of hydrogen-bond acceptors (Lipinski definition) is 3. The largest absolute Gasteiger partial charge is 0.492 e. The van der Waals surface area contributed by atoms with Gasteiger partial charge in [-0.15, -0.1) is 0 Å². The zero-order valence-electron chi connectivity index (χ0n) is 17.4. The molecular formula is C26H31NO2. The first-order valence-corrected chi connectivity index (χ1v) is 10.3. The molecule has 1 atom stereocenters. The standard InChI is InChI=1S/C26H31NO2/c1-21(2)27(20-25(28)23-13-7-4-8-14-23)17-18-29-26-16-10-9-15-24(26)19-22-11-5-3-6-12-22/h3-16,21,25,28H,17-20H2,1-2H3/t25-/m0/s1. The number of ether oxygens (including phenoxy) is 1. The molecule has 0 bridgehead atoms. The third-order valence-electron chi connectivity index (χ3n) is 5.17. The van der Waals surface area contributed by atoms with E-state index in [4.69, 9.17) is 4.74 Å².